The van der Waals surface area contributed by atoms with Crippen molar-refractivity contribution in [3.8, 4) is 5.88 Å². The molecule has 0 amide bonds. The zero-order chi connectivity index (χ0) is 23.3. The molecule has 2 bridgehead atoms. The highest BCUT2D eigenvalue weighted by molar-refractivity contribution is 5.94. The number of hydrogen-bond acceptors (Lipinski definition) is 7. The molecule has 3 aromatic rings. The molecule has 2 aromatic heterocycles. The van der Waals surface area contributed by atoms with Crippen LogP contribution in [0.5, 0.6) is 5.88 Å². The number of anilines is 2. The summed E-state index contributed by atoms with van der Waals surface area (Å²) in [7, 11) is 1.58. The van der Waals surface area contributed by atoms with Gasteiger partial charge in [-0.05, 0) is 26.3 Å². The third-order valence-corrected chi connectivity index (χ3v) is 6.38. The third-order valence-electron chi connectivity index (χ3n) is 6.38. The summed E-state index contributed by atoms with van der Waals surface area (Å²) in [6.07, 6.45) is -1.75. The molecule has 1 N–H and O–H groups in total. The number of morpholine rings is 1. The van der Waals surface area contributed by atoms with E-state index < -0.39 is 23.8 Å². The fourth-order valence-corrected chi connectivity index (χ4v) is 4.68. The molecule has 4 heterocycles. The molecular formula is C23H24F3N5O2. The minimum atomic E-state index is -2.89. The van der Waals surface area contributed by atoms with Crippen LogP contribution in [0.25, 0.3) is 10.9 Å². The largest absolute Gasteiger partial charge is 0.480 e. The van der Waals surface area contributed by atoms with Gasteiger partial charge in [0.1, 0.15) is 17.0 Å². The lowest BCUT2D eigenvalue weighted by atomic mass is 10.0. The maximum absolute atomic E-state index is 14.7. The summed E-state index contributed by atoms with van der Waals surface area (Å²) in [6, 6.07) is 5.56. The van der Waals surface area contributed by atoms with E-state index in [1.165, 1.54) is 12.1 Å². The number of rotatable bonds is 6. The highest BCUT2D eigenvalue weighted by atomic mass is 19.3. The lowest BCUT2D eigenvalue weighted by molar-refractivity contribution is 0.0989. The Balaban J connectivity index is 1.55. The Labute approximate surface area is 188 Å². The molecule has 7 nitrogen and oxygen atoms in total. The number of nitrogens with one attached hydrogen (secondary N) is 1. The molecular weight excluding hydrogens is 435 g/mol. The van der Waals surface area contributed by atoms with Crippen LogP contribution in [0.4, 0.5) is 24.7 Å². The first-order valence-corrected chi connectivity index (χ1v) is 10.8. The molecule has 1 aromatic carbocycles. The zero-order valence-electron chi connectivity index (χ0n) is 18.5. The number of aryl methyl sites for hydroxylation is 1. The van der Waals surface area contributed by atoms with E-state index >= 15 is 0 Å². The van der Waals surface area contributed by atoms with Crippen molar-refractivity contribution in [2.75, 3.05) is 30.5 Å². The molecule has 174 valence electrons. The first-order chi connectivity index (χ1) is 15.9. The smallest absolute Gasteiger partial charge is 0.266 e. The first-order valence-electron chi connectivity index (χ1n) is 10.8. The third kappa shape index (κ3) is 3.72. The maximum Gasteiger partial charge on any atom is 0.266 e. The summed E-state index contributed by atoms with van der Waals surface area (Å²) >= 11 is 0. The molecule has 0 spiro atoms. The summed E-state index contributed by atoms with van der Waals surface area (Å²) in [6.45, 7) is 4.89. The van der Waals surface area contributed by atoms with Gasteiger partial charge >= 0.3 is 0 Å². The van der Waals surface area contributed by atoms with Gasteiger partial charge in [0, 0.05) is 17.5 Å². The molecule has 2 fully saturated rings. The van der Waals surface area contributed by atoms with Crippen LogP contribution in [0.1, 0.15) is 42.6 Å². The predicted octanol–water partition coefficient (Wildman–Crippen LogP) is 4.57. The molecule has 0 radical (unpaired) electrons. The normalized spacial score (nSPS) is 20.6. The van der Waals surface area contributed by atoms with Crippen molar-refractivity contribution >= 4 is 22.4 Å². The molecule has 2 unspecified atom stereocenters. The van der Waals surface area contributed by atoms with Gasteiger partial charge in [0.2, 0.25) is 5.88 Å². The van der Waals surface area contributed by atoms with E-state index in [-0.39, 0.29) is 17.7 Å². The Bertz CT molecular complexity index is 1210. The van der Waals surface area contributed by atoms with E-state index in [4.69, 9.17) is 14.5 Å². The first kappa shape index (κ1) is 21.7. The van der Waals surface area contributed by atoms with Gasteiger partial charge in [-0.15, -0.1) is 5.10 Å². The van der Waals surface area contributed by atoms with Crippen LogP contribution >= 0.6 is 0 Å². The van der Waals surface area contributed by atoms with Crippen molar-refractivity contribution in [1.82, 2.24) is 15.2 Å². The average Bonchev–Trinajstić information content (AvgIpc) is 3.44. The number of nitrogens with zero attached hydrogens (tertiary/aromatic N) is 4. The molecule has 0 saturated carbocycles. The lowest BCUT2D eigenvalue weighted by Crippen LogP contribution is -2.37. The van der Waals surface area contributed by atoms with Crippen molar-refractivity contribution in [2.24, 2.45) is 0 Å². The lowest BCUT2D eigenvalue weighted by Gasteiger charge is -2.30. The Hall–Kier alpha value is -3.14. The van der Waals surface area contributed by atoms with Crippen molar-refractivity contribution in [3.63, 3.8) is 0 Å². The topological polar surface area (TPSA) is 72.4 Å². The number of hydrogen-bond donors (Lipinski definition) is 1. The summed E-state index contributed by atoms with van der Waals surface area (Å²) < 4.78 is 52.3. The summed E-state index contributed by atoms with van der Waals surface area (Å²) in [5, 5.41) is 12.3. The molecule has 2 aliphatic rings. The minimum absolute atomic E-state index is 0.124. The molecule has 2 aliphatic heterocycles. The van der Waals surface area contributed by atoms with Crippen LogP contribution in [0.3, 0.4) is 0 Å². The van der Waals surface area contributed by atoms with Crippen LogP contribution in [0, 0.1) is 12.7 Å². The van der Waals surface area contributed by atoms with E-state index in [0.717, 1.165) is 24.7 Å². The van der Waals surface area contributed by atoms with Gasteiger partial charge < -0.3 is 19.7 Å². The number of pyridine rings is 1. The van der Waals surface area contributed by atoms with Gasteiger partial charge in [0.05, 0.1) is 43.2 Å². The molecule has 33 heavy (non-hydrogen) atoms. The van der Waals surface area contributed by atoms with Crippen LogP contribution in [-0.4, -0.2) is 47.6 Å². The van der Waals surface area contributed by atoms with Gasteiger partial charge in [-0.3, -0.25) is 0 Å². The molecule has 2 saturated heterocycles. The van der Waals surface area contributed by atoms with E-state index in [1.54, 1.807) is 21.0 Å². The Kier molecular flexibility index (Phi) is 5.48. The van der Waals surface area contributed by atoms with Crippen LogP contribution < -0.4 is 15.0 Å². The SMILES string of the molecule is COc1nc2c(C)nnc(N[C@H](C)c3cccc(C(F)F)c3F)c2cc1N1CC2CC1CO2. The van der Waals surface area contributed by atoms with E-state index in [9.17, 15) is 13.2 Å². The van der Waals surface area contributed by atoms with Crippen molar-refractivity contribution in [1.29, 1.82) is 0 Å². The highest BCUT2D eigenvalue weighted by Gasteiger charge is 2.40. The predicted molar refractivity (Wildman–Crippen MR) is 118 cm³/mol. The van der Waals surface area contributed by atoms with Crippen molar-refractivity contribution < 1.29 is 22.6 Å². The zero-order valence-corrected chi connectivity index (χ0v) is 18.5. The minimum Gasteiger partial charge on any atom is -0.480 e. The van der Waals surface area contributed by atoms with E-state index in [2.05, 4.69) is 20.4 Å². The van der Waals surface area contributed by atoms with Gasteiger partial charge in [-0.1, -0.05) is 18.2 Å². The van der Waals surface area contributed by atoms with Gasteiger partial charge in [0.25, 0.3) is 6.43 Å². The van der Waals surface area contributed by atoms with Gasteiger partial charge in [-0.2, -0.15) is 5.10 Å². The monoisotopic (exact) mass is 459 g/mol. The Morgan fingerprint density at radius 2 is 2.03 bits per heavy atom. The standard InChI is InChI=1S/C23H24F3N5O2/c1-11(15-5-4-6-16(19(15)24)21(25)26)27-22-17-8-18(31-9-14-7-13(31)10-33-14)23(32-3)28-20(17)12(2)29-30-22/h4-6,8,11,13-14,21H,7,9-10H2,1-3H3,(H,27,30)/t11-,13?,14?/m1/s1. The van der Waals surface area contributed by atoms with Gasteiger partial charge in [-0.25, -0.2) is 18.2 Å². The van der Waals surface area contributed by atoms with Gasteiger partial charge in [0.15, 0.2) is 5.82 Å². The molecule has 10 heteroatoms. The molecule has 0 aliphatic carbocycles. The quantitative estimate of drug-likeness (QED) is 0.579. The number of alkyl halides is 2. The second kappa shape index (κ2) is 8.33. The number of methoxy groups -OCH3 is 1. The summed E-state index contributed by atoms with van der Waals surface area (Å²) in [5.74, 6) is -0.0479. The average molecular weight is 459 g/mol. The van der Waals surface area contributed by atoms with Crippen LogP contribution in [0.15, 0.2) is 24.3 Å². The number of benzene rings is 1. The molecule has 3 atom stereocenters. The van der Waals surface area contributed by atoms with Crippen LogP contribution in [-0.2, 0) is 4.74 Å². The fraction of sp³-hybridized carbons (Fsp3) is 0.435. The number of fused-ring (bicyclic) bond motifs is 3. The Morgan fingerprint density at radius 1 is 1.24 bits per heavy atom. The van der Waals surface area contributed by atoms with E-state index in [1.807, 2.05) is 6.07 Å². The highest BCUT2D eigenvalue weighted by Crippen LogP contribution is 2.40. The second-order valence-corrected chi connectivity index (χ2v) is 8.46. The number of halogens is 3. The van der Waals surface area contributed by atoms with Crippen molar-refractivity contribution in [2.45, 2.75) is 44.9 Å². The second-order valence-electron chi connectivity index (χ2n) is 8.46. The summed E-state index contributed by atoms with van der Waals surface area (Å²) in [5.41, 5.74) is 1.54. The maximum atomic E-state index is 14.7. The van der Waals surface area contributed by atoms with Crippen molar-refractivity contribution in [3.05, 3.63) is 46.9 Å². The summed E-state index contributed by atoms with van der Waals surface area (Å²) in [4.78, 5) is 6.93. The molecule has 5 rings (SSSR count). The van der Waals surface area contributed by atoms with E-state index in [0.29, 0.717) is 34.9 Å². The van der Waals surface area contributed by atoms with Crippen LogP contribution in [0.2, 0.25) is 0 Å². The fourth-order valence-electron chi connectivity index (χ4n) is 4.68. The number of ether oxygens (including phenoxy) is 2. The number of aromatic nitrogens is 3. The Morgan fingerprint density at radius 3 is 2.70 bits per heavy atom.